The summed E-state index contributed by atoms with van der Waals surface area (Å²) in [5.41, 5.74) is 3.20. The molecule has 1 N–H and O–H groups in total. The fraction of sp³-hybridized carbons (Fsp3) is 0.316. The standard InChI is InChI=1S/C19H21ClN2O3S/c1-13-11-15(6-8-17(13)22-9-3-4-10-22)21-19(23)14-5-7-16(20)18(12-14)26(2,24)25/h5-8,11-12H,3-4,9-10H2,1-2H3,(H,21,23). The van der Waals surface area contributed by atoms with Crippen LogP contribution in [0.5, 0.6) is 0 Å². The van der Waals surface area contributed by atoms with E-state index in [1.54, 1.807) is 0 Å². The number of nitrogens with one attached hydrogen (secondary N) is 1. The predicted octanol–water partition coefficient (Wildman–Crippen LogP) is 3.90. The van der Waals surface area contributed by atoms with Crippen molar-refractivity contribution in [2.45, 2.75) is 24.7 Å². The Hall–Kier alpha value is -2.05. The lowest BCUT2D eigenvalue weighted by molar-refractivity contribution is 0.102. The Morgan fingerprint density at radius 3 is 2.42 bits per heavy atom. The molecule has 0 atom stereocenters. The molecule has 0 saturated carbocycles. The lowest BCUT2D eigenvalue weighted by atomic mass is 10.1. The summed E-state index contributed by atoms with van der Waals surface area (Å²) in [5, 5.41) is 2.93. The van der Waals surface area contributed by atoms with Crippen LogP contribution in [0.2, 0.25) is 5.02 Å². The Balaban J connectivity index is 1.81. The highest BCUT2D eigenvalue weighted by molar-refractivity contribution is 7.90. The van der Waals surface area contributed by atoms with Crippen LogP contribution in [-0.2, 0) is 9.84 Å². The number of hydrogen-bond acceptors (Lipinski definition) is 4. The molecule has 2 aromatic carbocycles. The van der Waals surface area contributed by atoms with Crippen molar-refractivity contribution in [3.63, 3.8) is 0 Å². The monoisotopic (exact) mass is 392 g/mol. The van der Waals surface area contributed by atoms with Crippen LogP contribution in [0.25, 0.3) is 0 Å². The molecule has 0 aliphatic carbocycles. The van der Waals surface area contributed by atoms with Gasteiger partial charge in [-0.1, -0.05) is 11.6 Å². The summed E-state index contributed by atoms with van der Waals surface area (Å²) in [6.07, 6.45) is 3.48. The van der Waals surface area contributed by atoms with E-state index < -0.39 is 9.84 Å². The molecule has 0 unspecified atom stereocenters. The van der Waals surface area contributed by atoms with Gasteiger partial charge in [-0.05, 0) is 61.7 Å². The topological polar surface area (TPSA) is 66.5 Å². The van der Waals surface area contributed by atoms with Crippen LogP contribution >= 0.6 is 11.6 Å². The van der Waals surface area contributed by atoms with Gasteiger partial charge in [0.25, 0.3) is 5.91 Å². The summed E-state index contributed by atoms with van der Waals surface area (Å²) in [6, 6.07) is 10.1. The molecule has 3 rings (SSSR count). The van der Waals surface area contributed by atoms with E-state index in [-0.39, 0.29) is 21.4 Å². The third-order valence-corrected chi connectivity index (χ3v) is 6.07. The van der Waals surface area contributed by atoms with Gasteiger partial charge in [-0.3, -0.25) is 4.79 Å². The second kappa shape index (κ2) is 7.29. The molecule has 2 aromatic rings. The van der Waals surface area contributed by atoms with Crippen LogP contribution < -0.4 is 10.2 Å². The molecule has 1 fully saturated rings. The number of sulfone groups is 1. The van der Waals surface area contributed by atoms with Crippen molar-refractivity contribution in [2.24, 2.45) is 0 Å². The van der Waals surface area contributed by atoms with Crippen molar-refractivity contribution in [3.05, 3.63) is 52.5 Å². The van der Waals surface area contributed by atoms with Crippen LogP contribution in [0.4, 0.5) is 11.4 Å². The Morgan fingerprint density at radius 2 is 1.81 bits per heavy atom. The van der Waals surface area contributed by atoms with Gasteiger partial charge in [0.2, 0.25) is 0 Å². The van der Waals surface area contributed by atoms with Crippen molar-refractivity contribution >= 4 is 38.7 Å². The second-order valence-electron chi connectivity index (χ2n) is 6.57. The lowest BCUT2D eigenvalue weighted by Gasteiger charge is -2.20. The molecule has 0 spiro atoms. The van der Waals surface area contributed by atoms with Crippen molar-refractivity contribution in [2.75, 3.05) is 29.6 Å². The summed E-state index contributed by atoms with van der Waals surface area (Å²) in [6.45, 7) is 4.14. The van der Waals surface area contributed by atoms with Gasteiger partial charge in [0.1, 0.15) is 0 Å². The van der Waals surface area contributed by atoms with Gasteiger partial charge in [0, 0.05) is 36.3 Å². The second-order valence-corrected chi connectivity index (χ2v) is 8.96. The highest BCUT2D eigenvalue weighted by Crippen LogP contribution is 2.27. The molecule has 0 aromatic heterocycles. The third-order valence-electron chi connectivity index (χ3n) is 4.49. The average Bonchev–Trinajstić information content (AvgIpc) is 3.08. The van der Waals surface area contributed by atoms with Crippen LogP contribution in [0.1, 0.15) is 28.8 Å². The average molecular weight is 393 g/mol. The molecule has 5 nitrogen and oxygen atoms in total. The van der Waals surface area contributed by atoms with Crippen molar-refractivity contribution in [1.82, 2.24) is 0 Å². The molecule has 1 aliphatic rings. The SMILES string of the molecule is Cc1cc(NC(=O)c2ccc(Cl)c(S(C)(=O)=O)c2)ccc1N1CCCC1. The van der Waals surface area contributed by atoms with E-state index in [0.717, 1.165) is 24.9 Å². The molecule has 1 heterocycles. The zero-order valence-corrected chi connectivity index (χ0v) is 16.3. The van der Waals surface area contributed by atoms with E-state index in [1.807, 2.05) is 25.1 Å². The Kier molecular flexibility index (Phi) is 5.25. The fourth-order valence-corrected chi connectivity index (χ4v) is 4.48. The Morgan fingerprint density at radius 1 is 1.12 bits per heavy atom. The molecule has 1 saturated heterocycles. The van der Waals surface area contributed by atoms with Gasteiger partial charge in [0.15, 0.2) is 9.84 Å². The first-order chi connectivity index (χ1) is 12.3. The van der Waals surface area contributed by atoms with Crippen LogP contribution in [0.15, 0.2) is 41.3 Å². The number of rotatable bonds is 4. The van der Waals surface area contributed by atoms with E-state index in [1.165, 1.54) is 36.7 Å². The number of halogens is 1. The van der Waals surface area contributed by atoms with Crippen LogP contribution in [0.3, 0.4) is 0 Å². The molecule has 7 heteroatoms. The fourth-order valence-electron chi connectivity index (χ4n) is 3.18. The largest absolute Gasteiger partial charge is 0.371 e. The maximum Gasteiger partial charge on any atom is 0.255 e. The minimum Gasteiger partial charge on any atom is -0.371 e. The van der Waals surface area contributed by atoms with Crippen molar-refractivity contribution in [1.29, 1.82) is 0 Å². The molecule has 0 bridgehead atoms. The van der Waals surface area contributed by atoms with Gasteiger partial charge in [-0.15, -0.1) is 0 Å². The molecular weight excluding hydrogens is 372 g/mol. The summed E-state index contributed by atoms with van der Waals surface area (Å²) >= 11 is 5.93. The minimum absolute atomic E-state index is 0.0487. The zero-order chi connectivity index (χ0) is 18.9. The van der Waals surface area contributed by atoms with Gasteiger partial charge >= 0.3 is 0 Å². The normalized spacial score (nSPS) is 14.5. The number of nitrogens with zero attached hydrogens (tertiary/aromatic N) is 1. The van der Waals surface area contributed by atoms with Crippen molar-refractivity contribution in [3.8, 4) is 0 Å². The maximum absolute atomic E-state index is 12.5. The maximum atomic E-state index is 12.5. The lowest BCUT2D eigenvalue weighted by Crippen LogP contribution is -2.19. The van der Waals surface area contributed by atoms with E-state index in [9.17, 15) is 13.2 Å². The Labute approximate surface area is 158 Å². The highest BCUT2D eigenvalue weighted by Gasteiger charge is 2.17. The van der Waals surface area contributed by atoms with E-state index in [2.05, 4.69) is 10.2 Å². The predicted molar refractivity (Wildman–Crippen MR) is 105 cm³/mol. The highest BCUT2D eigenvalue weighted by atomic mass is 35.5. The van der Waals surface area contributed by atoms with Gasteiger partial charge in [-0.2, -0.15) is 0 Å². The molecule has 1 amide bonds. The summed E-state index contributed by atoms with van der Waals surface area (Å²) < 4.78 is 23.5. The quantitative estimate of drug-likeness (QED) is 0.856. The molecule has 138 valence electrons. The van der Waals surface area contributed by atoms with Gasteiger partial charge < -0.3 is 10.2 Å². The molecular formula is C19H21ClN2O3S. The third kappa shape index (κ3) is 4.02. The van der Waals surface area contributed by atoms with Gasteiger partial charge in [0.05, 0.1) is 9.92 Å². The number of carbonyl (C=O) groups is 1. The van der Waals surface area contributed by atoms with Crippen molar-refractivity contribution < 1.29 is 13.2 Å². The zero-order valence-electron chi connectivity index (χ0n) is 14.8. The number of amides is 1. The first kappa shape index (κ1) is 18.7. The van der Waals surface area contributed by atoms with E-state index >= 15 is 0 Å². The van der Waals surface area contributed by atoms with Gasteiger partial charge in [-0.25, -0.2) is 8.42 Å². The van der Waals surface area contributed by atoms with Crippen LogP contribution in [-0.4, -0.2) is 33.7 Å². The Bertz CT molecular complexity index is 951. The number of benzene rings is 2. The van der Waals surface area contributed by atoms with E-state index in [4.69, 9.17) is 11.6 Å². The summed E-state index contributed by atoms with van der Waals surface area (Å²) in [4.78, 5) is 14.8. The number of carbonyl (C=O) groups excluding carboxylic acids is 1. The minimum atomic E-state index is -3.50. The first-order valence-electron chi connectivity index (χ1n) is 8.42. The van der Waals surface area contributed by atoms with Crippen LogP contribution in [0, 0.1) is 6.92 Å². The first-order valence-corrected chi connectivity index (χ1v) is 10.7. The molecule has 1 aliphatic heterocycles. The molecule has 26 heavy (non-hydrogen) atoms. The number of anilines is 2. The number of aryl methyl sites for hydroxylation is 1. The molecule has 0 radical (unpaired) electrons. The summed E-state index contributed by atoms with van der Waals surface area (Å²) in [5.74, 6) is -0.375. The smallest absolute Gasteiger partial charge is 0.255 e. The summed E-state index contributed by atoms with van der Waals surface area (Å²) in [7, 11) is -3.50. The van der Waals surface area contributed by atoms with E-state index in [0.29, 0.717) is 5.69 Å². The number of hydrogen-bond donors (Lipinski definition) is 1.